The van der Waals surface area contributed by atoms with Gasteiger partial charge in [0.15, 0.2) is 23.3 Å². The molecule has 0 aliphatic carbocycles. The highest BCUT2D eigenvalue weighted by Gasteiger charge is 2.66. The minimum absolute atomic E-state index is 0.401. The number of rotatable bonds is 10. The standard InChI is InChI=1S/C67H46N10/c1-7-23-47(24-8-1)49-39-43-55(44-40-49)74-57-35-19-21-37-59(57)76(65-70-61(51-27-11-3-12-28-51)68-62(71-65)52-29-13-4-14-30-52)67(74)75(56-45-41-50(42-46-56)48-25-9-2-10-26-48)58-36-20-22-38-60(58)77(67)66-72-63(53-31-15-5-16-32-53)69-64(73-66)54-33-17-6-18-34-54/h1-46H. The van der Waals surface area contributed by atoms with E-state index in [1.54, 1.807) is 0 Å². The predicted molar refractivity (Wildman–Crippen MR) is 309 cm³/mol. The van der Waals surface area contributed by atoms with Crippen molar-refractivity contribution in [3.8, 4) is 67.8 Å². The Balaban J connectivity index is 1.13. The van der Waals surface area contributed by atoms with Gasteiger partial charge in [0.25, 0.3) is 0 Å². The molecule has 2 aliphatic heterocycles. The Labute approximate surface area is 446 Å². The van der Waals surface area contributed by atoms with E-state index in [2.05, 4.69) is 165 Å². The number of hydrogen-bond acceptors (Lipinski definition) is 10. The molecule has 4 heterocycles. The monoisotopic (exact) mass is 990 g/mol. The van der Waals surface area contributed by atoms with Gasteiger partial charge in [0, 0.05) is 33.6 Å². The number of nitrogens with zero attached hydrogens (tertiary/aromatic N) is 10. The summed E-state index contributed by atoms with van der Waals surface area (Å²) in [6.45, 7) is 0. The molecule has 10 nitrogen and oxygen atoms in total. The van der Waals surface area contributed by atoms with Crippen LogP contribution < -0.4 is 19.6 Å². The number of anilines is 8. The van der Waals surface area contributed by atoms with Gasteiger partial charge in [-0.3, -0.25) is 9.80 Å². The average Bonchev–Trinajstić information content (AvgIpc) is 4.05. The van der Waals surface area contributed by atoms with Gasteiger partial charge in [-0.15, -0.1) is 0 Å². The summed E-state index contributed by atoms with van der Waals surface area (Å²) in [4.78, 5) is 42.1. The molecule has 0 atom stereocenters. The van der Waals surface area contributed by atoms with E-state index in [0.29, 0.717) is 35.2 Å². The molecule has 14 rings (SSSR count). The lowest BCUT2D eigenvalue weighted by Gasteiger charge is -2.51. The van der Waals surface area contributed by atoms with Gasteiger partial charge in [-0.25, -0.2) is 19.8 Å². The molecule has 0 amide bonds. The molecule has 364 valence electrons. The van der Waals surface area contributed by atoms with Gasteiger partial charge in [0.1, 0.15) is 0 Å². The molecule has 0 saturated heterocycles. The Morgan fingerprint density at radius 2 is 0.416 bits per heavy atom. The Bertz CT molecular complexity index is 3660. The molecule has 0 saturated carbocycles. The van der Waals surface area contributed by atoms with E-state index in [4.69, 9.17) is 29.9 Å². The van der Waals surface area contributed by atoms with Crippen molar-refractivity contribution in [3.05, 3.63) is 279 Å². The first-order valence-electron chi connectivity index (χ1n) is 25.6. The summed E-state index contributed by atoms with van der Waals surface area (Å²) in [6, 6.07) is 96.1. The van der Waals surface area contributed by atoms with Crippen LogP contribution in [0.1, 0.15) is 0 Å². The minimum Gasteiger partial charge on any atom is -0.280 e. The highest BCUT2D eigenvalue weighted by molar-refractivity contribution is 6.01. The fourth-order valence-corrected chi connectivity index (χ4v) is 10.7. The Morgan fingerprint density at radius 3 is 0.688 bits per heavy atom. The van der Waals surface area contributed by atoms with Crippen molar-refractivity contribution < 1.29 is 0 Å². The molecule has 0 fully saturated rings. The third-order valence-corrected chi connectivity index (χ3v) is 14.2. The van der Waals surface area contributed by atoms with Gasteiger partial charge < -0.3 is 0 Å². The van der Waals surface area contributed by atoms with Crippen LogP contribution in [0.2, 0.25) is 0 Å². The van der Waals surface area contributed by atoms with Crippen LogP contribution in [0.15, 0.2) is 279 Å². The second-order valence-electron chi connectivity index (χ2n) is 18.8. The van der Waals surface area contributed by atoms with Crippen molar-refractivity contribution in [3.63, 3.8) is 0 Å². The van der Waals surface area contributed by atoms with E-state index in [1.165, 1.54) is 0 Å². The first kappa shape index (κ1) is 45.1. The van der Waals surface area contributed by atoms with E-state index in [-0.39, 0.29) is 0 Å². The third kappa shape index (κ3) is 7.82. The smallest absolute Gasteiger partial charge is 0.280 e. The molecular formula is C67H46N10. The highest BCUT2D eigenvalue weighted by Crippen LogP contribution is 2.64. The molecule has 2 aliphatic rings. The number of benzene rings is 10. The Hall–Kier alpha value is -10.6. The summed E-state index contributed by atoms with van der Waals surface area (Å²) in [7, 11) is 0. The van der Waals surface area contributed by atoms with E-state index in [0.717, 1.165) is 78.6 Å². The van der Waals surface area contributed by atoms with E-state index >= 15 is 0 Å². The molecule has 12 aromatic rings. The van der Waals surface area contributed by atoms with Gasteiger partial charge >= 0.3 is 5.91 Å². The number of hydrogen-bond donors (Lipinski definition) is 0. The van der Waals surface area contributed by atoms with Crippen molar-refractivity contribution in [1.82, 2.24) is 29.9 Å². The molecule has 0 radical (unpaired) electrons. The van der Waals surface area contributed by atoms with Gasteiger partial charge in [0.05, 0.1) is 22.7 Å². The van der Waals surface area contributed by atoms with E-state index in [9.17, 15) is 0 Å². The maximum absolute atomic E-state index is 5.58. The molecule has 10 heteroatoms. The summed E-state index contributed by atoms with van der Waals surface area (Å²) < 4.78 is 0. The summed E-state index contributed by atoms with van der Waals surface area (Å²) in [5, 5.41) is 0. The third-order valence-electron chi connectivity index (χ3n) is 14.2. The van der Waals surface area contributed by atoms with Crippen LogP contribution in [0.25, 0.3) is 67.8 Å². The normalized spacial score (nSPS) is 13.2. The SMILES string of the molecule is c1ccc(-c2ccc(N3c4ccccc4N(c4nc(-c5ccccc5)nc(-c5ccccc5)n4)C34N(c3ccc(-c5ccccc5)cc3)c3ccccc3N4c3nc(-c4ccccc4)nc(-c4ccccc4)n3)cc2)cc1. The van der Waals surface area contributed by atoms with Crippen LogP contribution in [-0.4, -0.2) is 35.8 Å². The van der Waals surface area contributed by atoms with Gasteiger partial charge in [-0.05, 0) is 70.8 Å². The molecule has 77 heavy (non-hydrogen) atoms. The number of fused-ring (bicyclic) bond motifs is 2. The molecule has 0 N–H and O–H groups in total. The quantitative estimate of drug-likeness (QED) is 0.132. The molecule has 1 spiro atoms. The summed E-state index contributed by atoms with van der Waals surface area (Å²) in [5.74, 6) is 1.36. The largest absolute Gasteiger partial charge is 0.300 e. The maximum atomic E-state index is 5.58. The van der Waals surface area contributed by atoms with Crippen LogP contribution in [0, 0.1) is 0 Å². The van der Waals surface area contributed by atoms with Crippen molar-refractivity contribution in [2.75, 3.05) is 19.6 Å². The van der Waals surface area contributed by atoms with E-state index in [1.807, 2.05) is 133 Å². The summed E-state index contributed by atoms with van der Waals surface area (Å²) in [6.07, 6.45) is 0. The van der Waals surface area contributed by atoms with Gasteiger partial charge in [-0.2, -0.15) is 19.9 Å². The van der Waals surface area contributed by atoms with Crippen molar-refractivity contribution >= 4 is 46.0 Å². The summed E-state index contributed by atoms with van der Waals surface area (Å²) >= 11 is 0. The molecule has 0 bridgehead atoms. The van der Waals surface area contributed by atoms with Crippen molar-refractivity contribution in [1.29, 1.82) is 0 Å². The predicted octanol–water partition coefficient (Wildman–Crippen LogP) is 15.9. The lowest BCUT2D eigenvalue weighted by Crippen LogP contribution is -2.70. The zero-order valence-electron chi connectivity index (χ0n) is 41.5. The topological polar surface area (TPSA) is 90.3 Å². The summed E-state index contributed by atoms with van der Waals surface area (Å²) in [5.41, 5.74) is 13.1. The molecular weight excluding hydrogens is 945 g/mol. The first-order valence-corrected chi connectivity index (χ1v) is 25.6. The van der Waals surface area contributed by atoms with Crippen LogP contribution in [-0.2, 0) is 0 Å². The number of para-hydroxylation sites is 4. The van der Waals surface area contributed by atoms with Crippen molar-refractivity contribution in [2.24, 2.45) is 0 Å². The van der Waals surface area contributed by atoms with Crippen molar-refractivity contribution in [2.45, 2.75) is 5.91 Å². The van der Waals surface area contributed by atoms with E-state index < -0.39 is 5.91 Å². The lowest BCUT2D eigenvalue weighted by atomic mass is 10.0. The fraction of sp³-hybridized carbons (Fsp3) is 0.0149. The van der Waals surface area contributed by atoms with Crippen LogP contribution >= 0.6 is 0 Å². The number of aromatic nitrogens is 6. The van der Waals surface area contributed by atoms with Gasteiger partial charge in [-0.1, -0.05) is 231 Å². The van der Waals surface area contributed by atoms with Gasteiger partial charge in [0.2, 0.25) is 11.9 Å². The fourth-order valence-electron chi connectivity index (χ4n) is 10.7. The lowest BCUT2D eigenvalue weighted by molar-refractivity contribution is 0.467. The van der Waals surface area contributed by atoms with Crippen LogP contribution in [0.4, 0.5) is 46.0 Å². The second kappa shape index (κ2) is 19.0. The maximum Gasteiger partial charge on any atom is 0.300 e. The zero-order valence-corrected chi connectivity index (χ0v) is 41.5. The second-order valence-corrected chi connectivity index (χ2v) is 18.8. The zero-order chi connectivity index (χ0) is 51.1. The molecule has 10 aromatic carbocycles. The Morgan fingerprint density at radius 1 is 0.195 bits per heavy atom. The first-order chi connectivity index (χ1) is 38.2. The highest BCUT2D eigenvalue weighted by atomic mass is 15.8. The molecule has 2 aromatic heterocycles. The van der Waals surface area contributed by atoms with Crippen LogP contribution in [0.3, 0.4) is 0 Å². The Kier molecular flexibility index (Phi) is 11.1. The van der Waals surface area contributed by atoms with Crippen LogP contribution in [0.5, 0.6) is 0 Å². The molecule has 0 unspecified atom stereocenters. The minimum atomic E-state index is -1.53. The average molecular weight is 991 g/mol.